The van der Waals surface area contributed by atoms with Crippen molar-refractivity contribution in [3.05, 3.63) is 33.5 Å². The number of rotatable bonds is 6. The van der Waals surface area contributed by atoms with E-state index < -0.39 is 4.92 Å². The van der Waals surface area contributed by atoms with E-state index in [4.69, 9.17) is 14.2 Å². The van der Waals surface area contributed by atoms with Crippen molar-refractivity contribution < 1.29 is 19.1 Å². The molecule has 0 heterocycles. The van der Waals surface area contributed by atoms with E-state index in [9.17, 15) is 10.1 Å². The monoisotopic (exact) mass is 267 g/mol. The van der Waals surface area contributed by atoms with E-state index in [1.807, 2.05) is 0 Å². The van der Waals surface area contributed by atoms with E-state index in [0.717, 1.165) is 0 Å². The summed E-state index contributed by atoms with van der Waals surface area (Å²) in [6.45, 7) is 1.72. The van der Waals surface area contributed by atoms with Crippen molar-refractivity contribution >= 4 is 6.08 Å². The Balaban J connectivity index is 3.37. The summed E-state index contributed by atoms with van der Waals surface area (Å²) in [7, 11) is 4.52. The Labute approximate surface area is 111 Å². The molecule has 0 unspecified atom stereocenters. The number of hydrogen-bond donors (Lipinski definition) is 0. The third kappa shape index (κ3) is 3.37. The first-order valence-corrected chi connectivity index (χ1v) is 5.72. The molecule has 1 aromatic rings. The number of methoxy groups -OCH3 is 3. The van der Waals surface area contributed by atoms with Gasteiger partial charge < -0.3 is 14.2 Å². The summed E-state index contributed by atoms with van der Waals surface area (Å²) in [6.07, 6.45) is 1.80. The van der Waals surface area contributed by atoms with Gasteiger partial charge in [0.15, 0.2) is 11.5 Å². The number of ether oxygens (including phenoxy) is 3. The fourth-order valence-electron chi connectivity index (χ4n) is 1.63. The summed E-state index contributed by atoms with van der Waals surface area (Å²) in [6, 6.07) is 3.29. The molecule has 1 rings (SSSR count). The van der Waals surface area contributed by atoms with Crippen LogP contribution >= 0.6 is 0 Å². The number of benzene rings is 1. The maximum absolute atomic E-state index is 10.9. The van der Waals surface area contributed by atoms with Crippen molar-refractivity contribution in [2.24, 2.45) is 0 Å². The maximum atomic E-state index is 10.9. The fourth-order valence-corrected chi connectivity index (χ4v) is 1.63. The molecule has 0 N–H and O–H groups in total. The molecule has 0 aliphatic carbocycles. The SMILES string of the molecule is CC/C(=C\c1cc(OC)c(OC)cc1OC)[N+](=O)[O-]. The van der Waals surface area contributed by atoms with Gasteiger partial charge in [0, 0.05) is 24.1 Å². The zero-order valence-electron chi connectivity index (χ0n) is 11.4. The van der Waals surface area contributed by atoms with Crippen LogP contribution in [0.1, 0.15) is 18.9 Å². The number of hydrogen-bond acceptors (Lipinski definition) is 5. The normalized spacial score (nSPS) is 11.1. The van der Waals surface area contributed by atoms with Crippen molar-refractivity contribution in [3.63, 3.8) is 0 Å². The number of nitrogens with zero attached hydrogens (tertiary/aromatic N) is 1. The van der Waals surface area contributed by atoms with Gasteiger partial charge in [0.2, 0.25) is 5.70 Å². The molecular weight excluding hydrogens is 250 g/mol. The second kappa shape index (κ2) is 6.63. The van der Waals surface area contributed by atoms with Gasteiger partial charge in [-0.3, -0.25) is 10.1 Å². The van der Waals surface area contributed by atoms with E-state index in [2.05, 4.69) is 0 Å². The average Bonchev–Trinajstić information content (AvgIpc) is 2.43. The highest BCUT2D eigenvalue weighted by atomic mass is 16.6. The summed E-state index contributed by atoms with van der Waals surface area (Å²) in [5, 5.41) is 10.9. The maximum Gasteiger partial charge on any atom is 0.246 e. The van der Waals surface area contributed by atoms with Gasteiger partial charge in [-0.15, -0.1) is 0 Å². The first-order valence-electron chi connectivity index (χ1n) is 5.72. The van der Waals surface area contributed by atoms with Crippen LogP contribution in [0.5, 0.6) is 17.2 Å². The van der Waals surface area contributed by atoms with Gasteiger partial charge >= 0.3 is 0 Å². The lowest BCUT2D eigenvalue weighted by molar-refractivity contribution is -0.425. The minimum Gasteiger partial charge on any atom is -0.496 e. The highest BCUT2D eigenvalue weighted by Crippen LogP contribution is 2.35. The van der Waals surface area contributed by atoms with Crippen LogP contribution < -0.4 is 14.2 Å². The van der Waals surface area contributed by atoms with Crippen molar-refractivity contribution in [2.45, 2.75) is 13.3 Å². The Bertz CT molecular complexity index is 496. The lowest BCUT2D eigenvalue weighted by Gasteiger charge is -2.12. The molecule has 0 fully saturated rings. The van der Waals surface area contributed by atoms with Gasteiger partial charge in [0.25, 0.3) is 0 Å². The minimum atomic E-state index is -0.407. The van der Waals surface area contributed by atoms with E-state index in [1.165, 1.54) is 27.4 Å². The third-order valence-electron chi connectivity index (χ3n) is 2.65. The molecular formula is C13H17NO5. The van der Waals surface area contributed by atoms with E-state index in [1.54, 1.807) is 19.1 Å². The van der Waals surface area contributed by atoms with E-state index >= 15 is 0 Å². The molecule has 6 heteroatoms. The molecule has 0 radical (unpaired) electrons. The zero-order chi connectivity index (χ0) is 14.4. The Morgan fingerprint density at radius 3 is 2.11 bits per heavy atom. The molecule has 0 amide bonds. The Hall–Kier alpha value is -2.24. The standard InChI is InChI=1S/C13H17NO5/c1-5-10(14(15)16)6-9-7-12(18-3)13(19-4)8-11(9)17-2/h6-8H,5H2,1-4H3/b10-6+. The van der Waals surface area contributed by atoms with Crippen LogP contribution in [-0.4, -0.2) is 26.3 Å². The van der Waals surface area contributed by atoms with Crippen LogP contribution in [0.2, 0.25) is 0 Å². The second-order valence-electron chi connectivity index (χ2n) is 3.70. The Morgan fingerprint density at radius 2 is 1.68 bits per heavy atom. The Morgan fingerprint density at radius 1 is 1.16 bits per heavy atom. The number of allylic oxidation sites excluding steroid dienone is 1. The molecule has 19 heavy (non-hydrogen) atoms. The second-order valence-corrected chi connectivity index (χ2v) is 3.70. The summed E-state index contributed by atoms with van der Waals surface area (Å²) < 4.78 is 15.5. The topological polar surface area (TPSA) is 70.8 Å². The van der Waals surface area contributed by atoms with Gasteiger partial charge in [-0.1, -0.05) is 6.92 Å². The molecule has 1 aromatic carbocycles. The molecule has 0 saturated heterocycles. The van der Waals surface area contributed by atoms with Gasteiger partial charge in [-0.05, 0) is 6.07 Å². The molecule has 6 nitrogen and oxygen atoms in total. The highest BCUT2D eigenvalue weighted by Gasteiger charge is 2.14. The summed E-state index contributed by atoms with van der Waals surface area (Å²) >= 11 is 0. The lowest BCUT2D eigenvalue weighted by atomic mass is 10.1. The zero-order valence-corrected chi connectivity index (χ0v) is 11.4. The van der Waals surface area contributed by atoms with Gasteiger partial charge in [-0.25, -0.2) is 0 Å². The Kier molecular flexibility index (Phi) is 5.17. The van der Waals surface area contributed by atoms with Crippen molar-refractivity contribution in [1.29, 1.82) is 0 Å². The molecule has 0 spiro atoms. The first kappa shape index (κ1) is 14.8. The molecule has 0 aliphatic heterocycles. The van der Waals surface area contributed by atoms with Crippen LogP contribution in [-0.2, 0) is 0 Å². The minimum absolute atomic E-state index is 0.102. The summed E-state index contributed by atoms with van der Waals surface area (Å²) in [4.78, 5) is 10.4. The van der Waals surface area contributed by atoms with Gasteiger partial charge in [0.05, 0.1) is 26.3 Å². The van der Waals surface area contributed by atoms with Crippen molar-refractivity contribution in [3.8, 4) is 17.2 Å². The molecule has 0 saturated carbocycles. The smallest absolute Gasteiger partial charge is 0.246 e. The molecule has 0 aliphatic rings. The first-order chi connectivity index (χ1) is 9.07. The van der Waals surface area contributed by atoms with Crippen LogP contribution in [0.3, 0.4) is 0 Å². The fraction of sp³-hybridized carbons (Fsp3) is 0.385. The number of nitro groups is 1. The van der Waals surface area contributed by atoms with E-state index in [-0.39, 0.29) is 5.70 Å². The molecule has 0 bridgehead atoms. The summed E-state index contributed by atoms with van der Waals surface area (Å²) in [5.41, 5.74) is 0.680. The largest absolute Gasteiger partial charge is 0.496 e. The van der Waals surface area contributed by atoms with Crippen LogP contribution in [0.25, 0.3) is 6.08 Å². The van der Waals surface area contributed by atoms with Crippen molar-refractivity contribution in [2.75, 3.05) is 21.3 Å². The van der Waals surface area contributed by atoms with Crippen LogP contribution in [0.15, 0.2) is 17.8 Å². The molecule has 0 aromatic heterocycles. The van der Waals surface area contributed by atoms with Crippen LogP contribution in [0.4, 0.5) is 0 Å². The molecule has 0 atom stereocenters. The molecule has 104 valence electrons. The van der Waals surface area contributed by atoms with Gasteiger partial charge in [0.1, 0.15) is 5.75 Å². The highest BCUT2D eigenvalue weighted by molar-refractivity contribution is 5.64. The van der Waals surface area contributed by atoms with Crippen molar-refractivity contribution in [1.82, 2.24) is 0 Å². The predicted octanol–water partition coefficient (Wildman–Crippen LogP) is 2.74. The van der Waals surface area contributed by atoms with Crippen LogP contribution in [0, 0.1) is 10.1 Å². The van der Waals surface area contributed by atoms with Gasteiger partial charge in [-0.2, -0.15) is 0 Å². The predicted molar refractivity (Wildman–Crippen MR) is 71.4 cm³/mol. The summed E-state index contributed by atoms with van der Waals surface area (Å²) in [5.74, 6) is 1.49. The average molecular weight is 267 g/mol. The lowest BCUT2D eigenvalue weighted by Crippen LogP contribution is -1.99. The van der Waals surface area contributed by atoms with E-state index in [0.29, 0.717) is 29.2 Å². The third-order valence-corrected chi connectivity index (χ3v) is 2.65. The quantitative estimate of drug-likeness (QED) is 0.585.